The second-order valence-electron chi connectivity index (χ2n) is 3.98. The highest BCUT2D eigenvalue weighted by molar-refractivity contribution is 7.71. The van der Waals surface area contributed by atoms with Gasteiger partial charge in [0.1, 0.15) is 0 Å². The standard InChI is InChI=1S/C14H11N3S2/c18-14-16-13(12-4-2-1-3-5-12)9-17(14)15-8-11-6-7-19-10-11/h1-10H,(H,16,18). The minimum absolute atomic E-state index is 0.588. The fourth-order valence-electron chi connectivity index (χ4n) is 1.71. The molecule has 3 aromatic rings. The zero-order valence-corrected chi connectivity index (χ0v) is 11.6. The van der Waals surface area contributed by atoms with Crippen LogP contribution in [0.3, 0.4) is 0 Å². The molecule has 0 unspecified atom stereocenters. The van der Waals surface area contributed by atoms with Crippen molar-refractivity contribution in [1.82, 2.24) is 9.66 Å². The zero-order valence-electron chi connectivity index (χ0n) is 9.98. The molecule has 0 fully saturated rings. The lowest BCUT2D eigenvalue weighted by atomic mass is 10.2. The van der Waals surface area contributed by atoms with Crippen LogP contribution in [0.5, 0.6) is 0 Å². The maximum Gasteiger partial charge on any atom is 0.198 e. The number of hydrogen-bond acceptors (Lipinski definition) is 3. The molecule has 94 valence electrons. The summed E-state index contributed by atoms with van der Waals surface area (Å²) < 4.78 is 2.26. The molecule has 0 saturated heterocycles. The molecule has 0 saturated carbocycles. The Balaban J connectivity index is 1.92. The molecule has 3 rings (SSSR count). The Morgan fingerprint density at radius 1 is 1.21 bits per heavy atom. The molecular formula is C14H11N3S2. The number of imidazole rings is 1. The van der Waals surface area contributed by atoms with Crippen LogP contribution < -0.4 is 0 Å². The number of benzene rings is 1. The van der Waals surface area contributed by atoms with Crippen LogP contribution in [0.4, 0.5) is 0 Å². The summed E-state index contributed by atoms with van der Waals surface area (Å²) in [7, 11) is 0. The summed E-state index contributed by atoms with van der Waals surface area (Å²) >= 11 is 6.91. The van der Waals surface area contributed by atoms with Crippen molar-refractivity contribution in [3.8, 4) is 11.3 Å². The summed E-state index contributed by atoms with van der Waals surface area (Å²) in [6.07, 6.45) is 3.70. The zero-order chi connectivity index (χ0) is 13.1. The first-order valence-corrected chi connectivity index (χ1v) is 7.12. The molecule has 0 spiro atoms. The first-order valence-electron chi connectivity index (χ1n) is 5.76. The van der Waals surface area contributed by atoms with Crippen LogP contribution in [0.2, 0.25) is 0 Å². The highest BCUT2D eigenvalue weighted by atomic mass is 32.1. The van der Waals surface area contributed by atoms with E-state index >= 15 is 0 Å². The van der Waals surface area contributed by atoms with E-state index in [1.54, 1.807) is 22.2 Å². The van der Waals surface area contributed by atoms with E-state index in [4.69, 9.17) is 12.2 Å². The first kappa shape index (κ1) is 12.1. The van der Waals surface area contributed by atoms with Gasteiger partial charge in [0.05, 0.1) is 18.1 Å². The number of rotatable bonds is 3. The monoisotopic (exact) mass is 285 g/mol. The Kier molecular flexibility index (Phi) is 3.39. The summed E-state index contributed by atoms with van der Waals surface area (Å²) in [5, 5.41) is 8.42. The van der Waals surface area contributed by atoms with Gasteiger partial charge in [0.25, 0.3) is 0 Å². The number of aromatic amines is 1. The predicted octanol–water partition coefficient (Wildman–Crippen LogP) is 4.16. The Labute approximate surface area is 119 Å². The number of nitrogens with one attached hydrogen (secondary N) is 1. The summed E-state index contributed by atoms with van der Waals surface area (Å²) in [6, 6.07) is 12.1. The average molecular weight is 285 g/mol. The van der Waals surface area contributed by atoms with Gasteiger partial charge in [-0.2, -0.15) is 16.4 Å². The van der Waals surface area contributed by atoms with Crippen LogP contribution in [0.1, 0.15) is 5.56 Å². The van der Waals surface area contributed by atoms with E-state index in [9.17, 15) is 0 Å². The molecule has 0 amide bonds. The summed E-state index contributed by atoms with van der Waals surface area (Å²) in [5.41, 5.74) is 3.14. The highest BCUT2D eigenvalue weighted by Gasteiger charge is 2.01. The van der Waals surface area contributed by atoms with Gasteiger partial charge in [-0.05, 0) is 34.6 Å². The van der Waals surface area contributed by atoms with Crippen molar-refractivity contribution in [2.75, 3.05) is 0 Å². The number of hydrogen-bond donors (Lipinski definition) is 1. The molecule has 0 bridgehead atoms. The van der Waals surface area contributed by atoms with Crippen LogP contribution in [0.25, 0.3) is 11.3 Å². The van der Waals surface area contributed by atoms with Gasteiger partial charge in [-0.3, -0.25) is 0 Å². The minimum Gasteiger partial charge on any atom is -0.329 e. The molecule has 2 heterocycles. The molecule has 3 nitrogen and oxygen atoms in total. The van der Waals surface area contributed by atoms with E-state index in [0.717, 1.165) is 16.8 Å². The third-order valence-corrected chi connectivity index (χ3v) is 3.65. The van der Waals surface area contributed by atoms with Crippen LogP contribution >= 0.6 is 23.6 Å². The Morgan fingerprint density at radius 3 is 2.79 bits per heavy atom. The van der Waals surface area contributed by atoms with Gasteiger partial charge in [-0.25, -0.2) is 4.68 Å². The van der Waals surface area contributed by atoms with Crippen molar-refractivity contribution in [1.29, 1.82) is 0 Å². The van der Waals surface area contributed by atoms with Gasteiger partial charge >= 0.3 is 0 Å². The molecule has 0 radical (unpaired) electrons. The largest absolute Gasteiger partial charge is 0.329 e. The molecule has 19 heavy (non-hydrogen) atoms. The summed E-state index contributed by atoms with van der Waals surface area (Å²) in [5.74, 6) is 0. The van der Waals surface area contributed by atoms with Crippen molar-refractivity contribution >= 4 is 29.8 Å². The number of nitrogens with zero attached hydrogens (tertiary/aromatic N) is 2. The molecule has 0 aliphatic heterocycles. The van der Waals surface area contributed by atoms with Crippen LogP contribution in [-0.4, -0.2) is 15.9 Å². The van der Waals surface area contributed by atoms with E-state index in [1.165, 1.54) is 0 Å². The maximum absolute atomic E-state index is 5.26. The Bertz CT molecular complexity index is 737. The van der Waals surface area contributed by atoms with E-state index in [2.05, 4.69) is 10.1 Å². The molecular weight excluding hydrogens is 274 g/mol. The lowest BCUT2D eigenvalue weighted by Gasteiger charge is -1.94. The van der Waals surface area contributed by atoms with E-state index in [0.29, 0.717) is 4.77 Å². The van der Waals surface area contributed by atoms with Crippen molar-refractivity contribution in [3.63, 3.8) is 0 Å². The molecule has 0 atom stereocenters. The third-order valence-electron chi connectivity index (χ3n) is 2.66. The quantitative estimate of drug-likeness (QED) is 0.569. The molecule has 0 aliphatic carbocycles. The summed E-state index contributed by atoms with van der Waals surface area (Å²) in [4.78, 5) is 3.16. The van der Waals surface area contributed by atoms with Crippen molar-refractivity contribution in [2.24, 2.45) is 5.10 Å². The molecule has 0 aliphatic rings. The number of thiophene rings is 1. The van der Waals surface area contributed by atoms with Gasteiger partial charge in [0.2, 0.25) is 0 Å². The normalized spacial score (nSPS) is 11.2. The van der Waals surface area contributed by atoms with Gasteiger partial charge in [-0.15, -0.1) is 0 Å². The summed E-state index contributed by atoms with van der Waals surface area (Å²) in [6.45, 7) is 0. The third kappa shape index (κ3) is 2.72. The minimum atomic E-state index is 0.588. The topological polar surface area (TPSA) is 33.1 Å². The lowest BCUT2D eigenvalue weighted by Crippen LogP contribution is -1.87. The van der Waals surface area contributed by atoms with Gasteiger partial charge in [0.15, 0.2) is 4.77 Å². The molecule has 2 aromatic heterocycles. The second kappa shape index (κ2) is 5.34. The van der Waals surface area contributed by atoms with Gasteiger partial charge < -0.3 is 4.98 Å². The molecule has 1 aromatic carbocycles. The molecule has 1 N–H and O–H groups in total. The van der Waals surface area contributed by atoms with Gasteiger partial charge in [0, 0.05) is 5.56 Å². The SMILES string of the molecule is S=c1[nH]c(-c2ccccc2)cn1N=Cc1ccsc1. The van der Waals surface area contributed by atoms with Crippen molar-refractivity contribution in [3.05, 3.63) is 63.7 Å². The van der Waals surface area contributed by atoms with E-state index in [-0.39, 0.29) is 0 Å². The van der Waals surface area contributed by atoms with Crippen LogP contribution in [0, 0.1) is 4.77 Å². The average Bonchev–Trinajstić information content (AvgIpc) is 3.07. The first-order chi connectivity index (χ1) is 9.33. The molecule has 5 heteroatoms. The predicted molar refractivity (Wildman–Crippen MR) is 82.4 cm³/mol. The van der Waals surface area contributed by atoms with Crippen LogP contribution in [-0.2, 0) is 0 Å². The van der Waals surface area contributed by atoms with E-state index in [1.807, 2.05) is 53.4 Å². The Hall–Kier alpha value is -1.98. The van der Waals surface area contributed by atoms with Crippen molar-refractivity contribution < 1.29 is 0 Å². The van der Waals surface area contributed by atoms with Crippen LogP contribution in [0.15, 0.2) is 58.5 Å². The second-order valence-corrected chi connectivity index (χ2v) is 5.15. The van der Waals surface area contributed by atoms with Crippen molar-refractivity contribution in [2.45, 2.75) is 0 Å². The number of aromatic nitrogens is 2. The fraction of sp³-hybridized carbons (Fsp3) is 0. The Morgan fingerprint density at radius 2 is 2.05 bits per heavy atom. The lowest BCUT2D eigenvalue weighted by molar-refractivity contribution is 0.864. The highest BCUT2D eigenvalue weighted by Crippen LogP contribution is 2.16. The maximum atomic E-state index is 5.26. The van der Waals surface area contributed by atoms with Gasteiger partial charge in [-0.1, -0.05) is 30.3 Å². The smallest absolute Gasteiger partial charge is 0.198 e. The fourth-order valence-corrected chi connectivity index (χ4v) is 2.53. The number of H-pyrrole nitrogens is 1. The van der Waals surface area contributed by atoms with E-state index < -0.39 is 0 Å².